The van der Waals surface area contributed by atoms with Crippen LogP contribution in [0.1, 0.15) is 16.2 Å². The molecule has 9 heteroatoms. The van der Waals surface area contributed by atoms with Gasteiger partial charge in [-0.15, -0.1) is 0 Å². The Balaban J connectivity index is 1.49. The summed E-state index contributed by atoms with van der Waals surface area (Å²) >= 11 is 3.37. The van der Waals surface area contributed by atoms with Crippen molar-refractivity contribution in [1.29, 1.82) is 0 Å². The predicted molar refractivity (Wildman–Crippen MR) is 98.4 cm³/mol. The predicted octanol–water partition coefficient (Wildman–Crippen LogP) is 2.02. The van der Waals surface area contributed by atoms with Crippen LogP contribution in [0.15, 0.2) is 28.7 Å². The molecule has 0 spiro atoms. The van der Waals surface area contributed by atoms with Gasteiger partial charge in [-0.1, -0.05) is 0 Å². The summed E-state index contributed by atoms with van der Waals surface area (Å²) in [7, 11) is 0. The largest absolute Gasteiger partial charge is 0.335 e. The molecular formula is C17H19BrFN5O2. The number of hydrogen-bond acceptors (Lipinski definition) is 4. The Morgan fingerprint density at radius 3 is 2.46 bits per heavy atom. The minimum absolute atomic E-state index is 0.128. The van der Waals surface area contributed by atoms with Crippen molar-refractivity contribution in [2.75, 3.05) is 38.0 Å². The number of nitrogens with one attached hydrogen (secondary N) is 2. The second-order valence-electron chi connectivity index (χ2n) is 6.13. The van der Waals surface area contributed by atoms with E-state index >= 15 is 0 Å². The van der Waals surface area contributed by atoms with Crippen LogP contribution in [0.3, 0.4) is 0 Å². The van der Waals surface area contributed by atoms with Crippen LogP contribution in [0.2, 0.25) is 0 Å². The van der Waals surface area contributed by atoms with Gasteiger partial charge in [-0.05, 0) is 47.1 Å². The highest BCUT2D eigenvalue weighted by molar-refractivity contribution is 9.10. The van der Waals surface area contributed by atoms with E-state index in [0.29, 0.717) is 42.0 Å². The van der Waals surface area contributed by atoms with Crippen molar-refractivity contribution in [2.45, 2.75) is 6.92 Å². The first kappa shape index (κ1) is 18.5. The number of carbonyl (C=O) groups excluding carboxylic acids is 2. The first-order valence-electron chi connectivity index (χ1n) is 8.21. The summed E-state index contributed by atoms with van der Waals surface area (Å²) in [6.45, 7) is 4.32. The molecular weight excluding hydrogens is 405 g/mol. The van der Waals surface area contributed by atoms with Gasteiger partial charge < -0.3 is 10.2 Å². The zero-order valence-electron chi connectivity index (χ0n) is 14.3. The lowest BCUT2D eigenvalue weighted by molar-refractivity contribution is -0.117. The van der Waals surface area contributed by atoms with Crippen molar-refractivity contribution in [3.8, 4) is 0 Å². The van der Waals surface area contributed by atoms with E-state index in [-0.39, 0.29) is 24.2 Å². The van der Waals surface area contributed by atoms with Gasteiger partial charge in [0.15, 0.2) is 5.69 Å². The summed E-state index contributed by atoms with van der Waals surface area (Å²) in [5, 5.41) is 9.57. The Morgan fingerprint density at radius 1 is 1.23 bits per heavy atom. The number of piperazine rings is 1. The number of rotatable bonds is 4. The van der Waals surface area contributed by atoms with Gasteiger partial charge in [0.25, 0.3) is 5.91 Å². The fourth-order valence-electron chi connectivity index (χ4n) is 2.75. The van der Waals surface area contributed by atoms with Crippen LogP contribution in [0.5, 0.6) is 0 Å². The zero-order chi connectivity index (χ0) is 18.7. The third kappa shape index (κ3) is 4.28. The molecule has 2 N–H and O–H groups in total. The molecule has 138 valence electrons. The standard InChI is InChI=1S/C17H19BrFN5O2/c1-11-15(18)16(22-21-11)17(26)24-8-6-23(7-9-24)10-14(25)20-13-4-2-12(19)3-5-13/h2-5H,6-10H2,1H3,(H,20,25)(H,21,22). The van der Waals surface area contributed by atoms with Gasteiger partial charge in [0.2, 0.25) is 5.91 Å². The Labute approximate surface area is 158 Å². The normalized spacial score (nSPS) is 15.1. The molecule has 0 saturated carbocycles. The van der Waals surface area contributed by atoms with Gasteiger partial charge in [-0.25, -0.2) is 4.39 Å². The summed E-state index contributed by atoms with van der Waals surface area (Å²) in [5.74, 6) is -0.638. The molecule has 0 unspecified atom stereocenters. The maximum absolute atomic E-state index is 12.9. The first-order valence-corrected chi connectivity index (χ1v) is 9.01. The van der Waals surface area contributed by atoms with Crippen LogP contribution < -0.4 is 5.32 Å². The lowest BCUT2D eigenvalue weighted by atomic mass is 10.2. The van der Waals surface area contributed by atoms with Crippen LogP contribution in [0.4, 0.5) is 10.1 Å². The number of benzene rings is 1. The molecule has 1 aliphatic rings. The second-order valence-corrected chi connectivity index (χ2v) is 6.93. The lowest BCUT2D eigenvalue weighted by Crippen LogP contribution is -2.50. The molecule has 0 aliphatic carbocycles. The summed E-state index contributed by atoms with van der Waals surface area (Å²) < 4.78 is 13.6. The molecule has 1 saturated heterocycles. The van der Waals surface area contributed by atoms with Crippen molar-refractivity contribution in [3.63, 3.8) is 0 Å². The van der Waals surface area contributed by atoms with Gasteiger partial charge in [0.05, 0.1) is 11.0 Å². The molecule has 0 bridgehead atoms. The Hall–Kier alpha value is -2.26. The number of nitrogens with zero attached hydrogens (tertiary/aromatic N) is 3. The van der Waals surface area contributed by atoms with Crippen LogP contribution in [0, 0.1) is 12.7 Å². The minimum Gasteiger partial charge on any atom is -0.335 e. The van der Waals surface area contributed by atoms with Crippen molar-refractivity contribution < 1.29 is 14.0 Å². The summed E-state index contributed by atoms with van der Waals surface area (Å²) in [6.07, 6.45) is 0. The zero-order valence-corrected chi connectivity index (χ0v) is 15.8. The topological polar surface area (TPSA) is 81.3 Å². The van der Waals surface area contributed by atoms with E-state index in [1.807, 2.05) is 11.8 Å². The van der Waals surface area contributed by atoms with E-state index in [1.165, 1.54) is 24.3 Å². The molecule has 26 heavy (non-hydrogen) atoms. The monoisotopic (exact) mass is 423 g/mol. The van der Waals surface area contributed by atoms with Crippen molar-refractivity contribution in [3.05, 3.63) is 45.9 Å². The van der Waals surface area contributed by atoms with Crippen LogP contribution in [0.25, 0.3) is 0 Å². The van der Waals surface area contributed by atoms with Gasteiger partial charge in [-0.3, -0.25) is 19.6 Å². The molecule has 7 nitrogen and oxygen atoms in total. The van der Waals surface area contributed by atoms with E-state index in [2.05, 4.69) is 31.4 Å². The quantitative estimate of drug-likeness (QED) is 0.787. The van der Waals surface area contributed by atoms with Gasteiger partial charge in [0.1, 0.15) is 5.82 Å². The van der Waals surface area contributed by atoms with E-state index < -0.39 is 0 Å². The number of aromatic amines is 1. The van der Waals surface area contributed by atoms with Crippen molar-refractivity contribution >= 4 is 33.4 Å². The van der Waals surface area contributed by atoms with Gasteiger partial charge >= 0.3 is 0 Å². The molecule has 3 rings (SSSR count). The van der Waals surface area contributed by atoms with Gasteiger partial charge in [-0.2, -0.15) is 5.10 Å². The third-order valence-corrected chi connectivity index (χ3v) is 5.20. The molecule has 2 aromatic rings. The number of aryl methyl sites for hydroxylation is 1. The van der Waals surface area contributed by atoms with Crippen LogP contribution in [-0.2, 0) is 4.79 Å². The molecule has 0 atom stereocenters. The summed E-state index contributed by atoms with van der Waals surface area (Å²) in [4.78, 5) is 28.3. The number of aromatic nitrogens is 2. The Kier molecular flexibility index (Phi) is 5.67. The van der Waals surface area contributed by atoms with Crippen LogP contribution >= 0.6 is 15.9 Å². The number of carbonyl (C=O) groups is 2. The summed E-state index contributed by atoms with van der Waals surface area (Å²) in [5.41, 5.74) is 1.75. The number of anilines is 1. The Bertz CT molecular complexity index is 800. The average Bonchev–Trinajstić information content (AvgIpc) is 2.96. The first-order chi connectivity index (χ1) is 12.4. The number of hydrogen-bond donors (Lipinski definition) is 2. The molecule has 1 aromatic carbocycles. The van der Waals surface area contributed by atoms with E-state index in [0.717, 1.165) is 5.69 Å². The van der Waals surface area contributed by atoms with Crippen molar-refractivity contribution in [2.24, 2.45) is 0 Å². The molecule has 1 aliphatic heterocycles. The van der Waals surface area contributed by atoms with E-state index in [4.69, 9.17) is 0 Å². The number of amides is 2. The molecule has 1 aromatic heterocycles. The molecule has 0 radical (unpaired) electrons. The average molecular weight is 424 g/mol. The van der Waals surface area contributed by atoms with E-state index in [9.17, 15) is 14.0 Å². The van der Waals surface area contributed by atoms with Crippen LogP contribution in [-0.4, -0.2) is 64.5 Å². The highest BCUT2D eigenvalue weighted by Crippen LogP contribution is 2.20. The SMILES string of the molecule is Cc1[nH]nc(C(=O)N2CCN(CC(=O)Nc3ccc(F)cc3)CC2)c1Br. The van der Waals surface area contributed by atoms with Gasteiger partial charge in [0, 0.05) is 37.6 Å². The van der Waals surface area contributed by atoms with Crippen molar-refractivity contribution in [1.82, 2.24) is 20.0 Å². The van der Waals surface area contributed by atoms with E-state index in [1.54, 1.807) is 4.90 Å². The minimum atomic E-state index is -0.345. The lowest BCUT2D eigenvalue weighted by Gasteiger charge is -2.34. The summed E-state index contributed by atoms with van der Waals surface area (Å²) in [6, 6.07) is 5.64. The number of halogens is 2. The molecule has 2 amide bonds. The maximum Gasteiger partial charge on any atom is 0.275 e. The molecule has 1 fully saturated rings. The Morgan fingerprint density at radius 2 is 1.88 bits per heavy atom. The highest BCUT2D eigenvalue weighted by atomic mass is 79.9. The maximum atomic E-state index is 12.9. The highest BCUT2D eigenvalue weighted by Gasteiger charge is 2.26. The third-order valence-electron chi connectivity index (χ3n) is 4.23. The number of H-pyrrole nitrogens is 1. The fourth-order valence-corrected chi connectivity index (χ4v) is 3.10. The second kappa shape index (κ2) is 7.96. The molecule has 2 heterocycles. The fraction of sp³-hybridized carbons (Fsp3) is 0.353. The smallest absolute Gasteiger partial charge is 0.275 e.